The summed E-state index contributed by atoms with van der Waals surface area (Å²) >= 11 is 0. The smallest absolute Gasteiger partial charge is 0.311 e. The zero-order valence-corrected chi connectivity index (χ0v) is 6.71. The molecular formula is C8H14O3. The van der Waals surface area contributed by atoms with Crippen LogP contribution in [0.1, 0.15) is 32.6 Å². The molecule has 2 N–H and O–H groups in total. The average Bonchev–Trinajstić information content (AvgIpc) is 1.95. The molecule has 0 aliphatic heterocycles. The van der Waals surface area contributed by atoms with E-state index < -0.39 is 17.5 Å². The molecule has 0 aromatic heterocycles. The highest BCUT2D eigenvalue weighted by Crippen LogP contribution is 2.36. The maximum absolute atomic E-state index is 10.7. The molecule has 2 atom stereocenters. The number of hydrogen-bond acceptors (Lipinski definition) is 2. The minimum Gasteiger partial charge on any atom is -0.481 e. The molecular weight excluding hydrogens is 144 g/mol. The summed E-state index contributed by atoms with van der Waals surface area (Å²) < 4.78 is 0. The van der Waals surface area contributed by atoms with Gasteiger partial charge in [-0.15, -0.1) is 0 Å². The first-order chi connectivity index (χ1) is 5.07. The van der Waals surface area contributed by atoms with Crippen LogP contribution in [0.2, 0.25) is 0 Å². The number of carboxylic acids is 1. The van der Waals surface area contributed by atoms with E-state index in [-0.39, 0.29) is 0 Å². The second-order valence-corrected chi connectivity index (χ2v) is 3.48. The molecule has 0 amide bonds. The summed E-state index contributed by atoms with van der Waals surface area (Å²) in [6.45, 7) is 1.62. The molecule has 0 saturated heterocycles. The third-order valence-electron chi connectivity index (χ3n) is 2.65. The van der Waals surface area contributed by atoms with E-state index in [9.17, 15) is 9.90 Å². The number of carboxylic acid groups (broad SMARTS) is 1. The van der Waals surface area contributed by atoms with Crippen LogP contribution >= 0.6 is 0 Å². The maximum Gasteiger partial charge on any atom is 0.311 e. The molecule has 1 saturated carbocycles. The number of carbonyl (C=O) groups is 1. The van der Waals surface area contributed by atoms with Crippen molar-refractivity contribution in [3.63, 3.8) is 0 Å². The summed E-state index contributed by atoms with van der Waals surface area (Å²) in [5, 5.41) is 18.2. The topological polar surface area (TPSA) is 57.5 Å². The maximum atomic E-state index is 10.7. The molecule has 0 aromatic carbocycles. The van der Waals surface area contributed by atoms with Gasteiger partial charge in [-0.2, -0.15) is 0 Å². The van der Waals surface area contributed by atoms with Crippen LogP contribution in [0.25, 0.3) is 0 Å². The van der Waals surface area contributed by atoms with Gasteiger partial charge in [0.1, 0.15) is 0 Å². The van der Waals surface area contributed by atoms with Crippen LogP contribution in [0.3, 0.4) is 0 Å². The van der Waals surface area contributed by atoms with Crippen molar-refractivity contribution in [2.45, 2.75) is 38.7 Å². The number of aliphatic hydroxyl groups is 1. The van der Waals surface area contributed by atoms with Gasteiger partial charge >= 0.3 is 5.97 Å². The van der Waals surface area contributed by atoms with Crippen LogP contribution < -0.4 is 0 Å². The molecule has 3 heteroatoms. The highest BCUT2D eigenvalue weighted by atomic mass is 16.4. The lowest BCUT2D eigenvalue weighted by Crippen LogP contribution is -2.42. The second kappa shape index (κ2) is 2.81. The Balaban J connectivity index is 2.72. The van der Waals surface area contributed by atoms with E-state index in [2.05, 4.69) is 0 Å². The number of rotatable bonds is 1. The predicted octanol–water partition coefficient (Wildman–Crippen LogP) is 1.01. The van der Waals surface area contributed by atoms with Crippen molar-refractivity contribution in [2.24, 2.45) is 5.41 Å². The van der Waals surface area contributed by atoms with Crippen molar-refractivity contribution < 1.29 is 15.0 Å². The molecule has 11 heavy (non-hydrogen) atoms. The van der Waals surface area contributed by atoms with Crippen molar-refractivity contribution in [3.05, 3.63) is 0 Å². The molecule has 0 aromatic rings. The van der Waals surface area contributed by atoms with Gasteiger partial charge in [0.15, 0.2) is 0 Å². The number of aliphatic hydroxyl groups excluding tert-OH is 1. The third kappa shape index (κ3) is 1.38. The third-order valence-corrected chi connectivity index (χ3v) is 2.65. The lowest BCUT2D eigenvalue weighted by Gasteiger charge is -2.34. The van der Waals surface area contributed by atoms with Crippen LogP contribution in [-0.4, -0.2) is 22.3 Å². The zero-order valence-electron chi connectivity index (χ0n) is 6.71. The van der Waals surface area contributed by atoms with E-state index >= 15 is 0 Å². The first kappa shape index (κ1) is 8.53. The van der Waals surface area contributed by atoms with Gasteiger partial charge in [0.25, 0.3) is 0 Å². The normalized spacial score (nSPS) is 38.5. The quantitative estimate of drug-likeness (QED) is 0.598. The van der Waals surface area contributed by atoms with Gasteiger partial charge < -0.3 is 10.2 Å². The highest BCUT2D eigenvalue weighted by molar-refractivity contribution is 5.75. The summed E-state index contributed by atoms with van der Waals surface area (Å²) in [7, 11) is 0. The van der Waals surface area contributed by atoms with Crippen LogP contribution in [0, 0.1) is 5.41 Å². The summed E-state index contributed by atoms with van der Waals surface area (Å²) in [5.74, 6) is -0.871. The Morgan fingerprint density at radius 2 is 2.18 bits per heavy atom. The van der Waals surface area contributed by atoms with Gasteiger partial charge in [0, 0.05) is 0 Å². The summed E-state index contributed by atoms with van der Waals surface area (Å²) in [5.41, 5.74) is -0.891. The summed E-state index contributed by atoms with van der Waals surface area (Å²) in [6.07, 6.45) is 2.43. The Kier molecular flexibility index (Phi) is 2.18. The van der Waals surface area contributed by atoms with Crippen molar-refractivity contribution in [1.82, 2.24) is 0 Å². The van der Waals surface area contributed by atoms with Gasteiger partial charge in [-0.1, -0.05) is 12.8 Å². The van der Waals surface area contributed by atoms with Crippen LogP contribution in [-0.2, 0) is 4.79 Å². The fraction of sp³-hybridized carbons (Fsp3) is 0.875. The van der Waals surface area contributed by atoms with E-state index in [1.54, 1.807) is 6.92 Å². The fourth-order valence-corrected chi connectivity index (χ4v) is 1.56. The Labute approximate surface area is 66.0 Å². The van der Waals surface area contributed by atoms with E-state index in [0.717, 1.165) is 12.8 Å². The molecule has 64 valence electrons. The molecule has 1 aliphatic carbocycles. The molecule has 1 fully saturated rings. The Morgan fingerprint density at radius 1 is 1.55 bits per heavy atom. The van der Waals surface area contributed by atoms with Gasteiger partial charge in [-0.05, 0) is 19.8 Å². The van der Waals surface area contributed by atoms with E-state index in [1.165, 1.54) is 0 Å². The van der Waals surface area contributed by atoms with E-state index in [0.29, 0.717) is 12.8 Å². The number of aliphatic carboxylic acids is 1. The lowest BCUT2D eigenvalue weighted by atomic mass is 9.73. The molecule has 0 spiro atoms. The largest absolute Gasteiger partial charge is 0.481 e. The van der Waals surface area contributed by atoms with Crippen LogP contribution in [0.4, 0.5) is 0 Å². The summed E-state index contributed by atoms with van der Waals surface area (Å²) in [6, 6.07) is 0. The molecule has 3 nitrogen and oxygen atoms in total. The van der Waals surface area contributed by atoms with Gasteiger partial charge in [-0.25, -0.2) is 0 Å². The minimum atomic E-state index is -0.891. The van der Waals surface area contributed by atoms with Gasteiger partial charge in [-0.3, -0.25) is 4.79 Å². The number of hydrogen-bond donors (Lipinski definition) is 2. The Morgan fingerprint density at radius 3 is 2.55 bits per heavy atom. The minimum absolute atomic E-state index is 0.601. The molecule has 1 rings (SSSR count). The molecule has 1 unspecified atom stereocenters. The van der Waals surface area contributed by atoms with Crippen LogP contribution in [0.5, 0.6) is 0 Å². The molecule has 0 radical (unpaired) electrons. The zero-order chi connectivity index (χ0) is 8.48. The van der Waals surface area contributed by atoms with Crippen molar-refractivity contribution in [2.75, 3.05) is 0 Å². The van der Waals surface area contributed by atoms with Gasteiger partial charge in [0.05, 0.1) is 11.5 Å². The standard InChI is InChI=1S/C8H14O3/c1-8(7(10)11)5-3-2-4-6(8)9/h6,9H,2-5H2,1H3,(H,10,11)/t6-,8?/m0/s1. The first-order valence-electron chi connectivity index (χ1n) is 3.99. The van der Waals surface area contributed by atoms with E-state index in [4.69, 9.17) is 5.11 Å². The van der Waals surface area contributed by atoms with Crippen molar-refractivity contribution in [1.29, 1.82) is 0 Å². The van der Waals surface area contributed by atoms with E-state index in [1.807, 2.05) is 0 Å². The molecule has 1 aliphatic rings. The average molecular weight is 158 g/mol. The summed E-state index contributed by atoms with van der Waals surface area (Å²) in [4.78, 5) is 10.7. The van der Waals surface area contributed by atoms with Gasteiger partial charge in [0.2, 0.25) is 0 Å². The van der Waals surface area contributed by atoms with Crippen molar-refractivity contribution in [3.8, 4) is 0 Å². The first-order valence-corrected chi connectivity index (χ1v) is 3.99. The SMILES string of the molecule is CC1(C(=O)O)CCCC[C@@H]1O. The molecule has 0 heterocycles. The Hall–Kier alpha value is -0.570. The monoisotopic (exact) mass is 158 g/mol. The Bertz CT molecular complexity index is 167. The fourth-order valence-electron chi connectivity index (χ4n) is 1.56. The van der Waals surface area contributed by atoms with Crippen molar-refractivity contribution >= 4 is 5.97 Å². The lowest BCUT2D eigenvalue weighted by molar-refractivity contribution is -0.158. The van der Waals surface area contributed by atoms with Crippen LogP contribution in [0.15, 0.2) is 0 Å². The highest BCUT2D eigenvalue weighted by Gasteiger charge is 2.41. The predicted molar refractivity (Wildman–Crippen MR) is 40.2 cm³/mol. The second-order valence-electron chi connectivity index (χ2n) is 3.48. The molecule has 0 bridgehead atoms.